The lowest BCUT2D eigenvalue weighted by atomic mass is 9.78. The van der Waals surface area contributed by atoms with Crippen LogP contribution in [0.2, 0.25) is 0 Å². The number of aromatic nitrogens is 4. The summed E-state index contributed by atoms with van der Waals surface area (Å²) in [6.45, 7) is 0. The van der Waals surface area contributed by atoms with E-state index in [1.807, 2.05) is 0 Å². The van der Waals surface area contributed by atoms with E-state index in [0.29, 0.717) is 0 Å². The van der Waals surface area contributed by atoms with Gasteiger partial charge in [-0.05, 0) is 174 Å². The van der Waals surface area contributed by atoms with Crippen LogP contribution in [0.3, 0.4) is 0 Å². The van der Waals surface area contributed by atoms with Crippen molar-refractivity contribution in [1.82, 2.24) is 18.3 Å². The van der Waals surface area contributed by atoms with E-state index in [0.717, 1.165) is 44.8 Å². The van der Waals surface area contributed by atoms with Crippen molar-refractivity contribution < 1.29 is 0 Å². The molecular formula is C84H50N4. The topological polar surface area (TPSA) is 19.7 Å². The second kappa shape index (κ2) is 17.9. The van der Waals surface area contributed by atoms with Crippen LogP contribution in [-0.4, -0.2) is 18.3 Å². The molecule has 0 fully saturated rings. The maximum Gasteiger partial charge on any atom is 0.0547 e. The third-order valence-corrected chi connectivity index (χ3v) is 19.5. The first-order chi connectivity index (χ1) is 43.7. The van der Waals surface area contributed by atoms with Gasteiger partial charge in [0, 0.05) is 65.7 Å². The molecule has 0 saturated carbocycles. The zero-order valence-corrected chi connectivity index (χ0v) is 47.7. The summed E-state index contributed by atoms with van der Waals surface area (Å²) in [5.74, 6) is 0. The SMILES string of the molecule is c1ccc2c(c1)-c1cc3c4ccccc4c4ccccc4c3cc1-c1cc(-n3c4ccccc4c4cc(-n5c6ccccc6c6ccccc65)ccc43)ccc1-c1c-2cccc1-n1c2ccccc2c2cc(-n3c4ccccc4c4ccccc43)ccc21. The van der Waals surface area contributed by atoms with Crippen molar-refractivity contribution in [2.24, 2.45) is 0 Å². The van der Waals surface area contributed by atoms with E-state index in [-0.39, 0.29) is 0 Å². The number of rotatable bonds is 4. The molecule has 0 spiro atoms. The van der Waals surface area contributed by atoms with Crippen LogP contribution in [-0.2, 0) is 0 Å². The predicted molar refractivity (Wildman–Crippen MR) is 372 cm³/mol. The molecule has 0 unspecified atom stereocenters. The first kappa shape index (κ1) is 47.6. The van der Waals surface area contributed by atoms with Gasteiger partial charge in [0.1, 0.15) is 0 Å². The van der Waals surface area contributed by atoms with E-state index in [1.165, 1.54) is 142 Å². The van der Waals surface area contributed by atoms with Crippen molar-refractivity contribution in [1.29, 1.82) is 0 Å². The van der Waals surface area contributed by atoms with Crippen molar-refractivity contribution in [3.8, 4) is 67.3 Å². The van der Waals surface area contributed by atoms with Gasteiger partial charge in [-0.3, -0.25) is 0 Å². The smallest absolute Gasteiger partial charge is 0.0547 e. The Morgan fingerprint density at radius 3 is 0.898 bits per heavy atom. The van der Waals surface area contributed by atoms with Gasteiger partial charge in [0.25, 0.3) is 0 Å². The van der Waals surface area contributed by atoms with Crippen molar-refractivity contribution in [3.63, 3.8) is 0 Å². The molecule has 88 heavy (non-hydrogen) atoms. The third-order valence-electron chi connectivity index (χ3n) is 19.5. The summed E-state index contributed by atoms with van der Waals surface area (Å²) in [4.78, 5) is 0. The fraction of sp³-hybridized carbons (Fsp3) is 0. The van der Waals surface area contributed by atoms with Gasteiger partial charge in [0.2, 0.25) is 0 Å². The minimum Gasteiger partial charge on any atom is -0.309 e. The third kappa shape index (κ3) is 6.47. The van der Waals surface area contributed by atoms with Gasteiger partial charge in [0.05, 0.1) is 49.8 Å². The summed E-state index contributed by atoms with van der Waals surface area (Å²) in [5.41, 5.74) is 23.5. The highest BCUT2D eigenvalue weighted by atomic mass is 15.0. The number of para-hydroxylation sites is 6. The van der Waals surface area contributed by atoms with Crippen molar-refractivity contribution in [2.75, 3.05) is 0 Å². The molecule has 0 N–H and O–H groups in total. The minimum atomic E-state index is 1.10. The largest absolute Gasteiger partial charge is 0.309 e. The molecule has 0 radical (unpaired) electrons. The molecule has 4 nitrogen and oxygen atoms in total. The van der Waals surface area contributed by atoms with Crippen LogP contribution in [0.25, 0.3) is 187 Å². The number of benzene rings is 15. The van der Waals surface area contributed by atoms with Crippen LogP contribution in [0.15, 0.2) is 303 Å². The number of hydrogen-bond donors (Lipinski definition) is 0. The van der Waals surface area contributed by atoms with E-state index in [4.69, 9.17) is 0 Å². The predicted octanol–water partition coefficient (Wildman–Crippen LogP) is 22.5. The monoisotopic (exact) mass is 1110 g/mol. The van der Waals surface area contributed by atoms with Crippen LogP contribution in [0.5, 0.6) is 0 Å². The second-order valence-corrected chi connectivity index (χ2v) is 23.9. The van der Waals surface area contributed by atoms with E-state index < -0.39 is 0 Å². The summed E-state index contributed by atoms with van der Waals surface area (Å²) < 4.78 is 9.92. The average molecular weight is 1120 g/mol. The van der Waals surface area contributed by atoms with E-state index in [1.54, 1.807) is 0 Å². The lowest BCUT2D eigenvalue weighted by Crippen LogP contribution is -2.04. The molecule has 0 bridgehead atoms. The maximum atomic E-state index is 2.55. The zero-order chi connectivity index (χ0) is 57.3. The van der Waals surface area contributed by atoms with Crippen LogP contribution in [0, 0.1) is 0 Å². The molecule has 1 aliphatic carbocycles. The zero-order valence-electron chi connectivity index (χ0n) is 47.7. The summed E-state index contributed by atoms with van der Waals surface area (Å²) in [7, 11) is 0. The molecule has 0 saturated heterocycles. The molecule has 0 amide bonds. The molecule has 0 aliphatic heterocycles. The molecule has 15 aromatic carbocycles. The van der Waals surface area contributed by atoms with Gasteiger partial charge in [-0.15, -0.1) is 0 Å². The molecule has 20 rings (SSSR count). The normalized spacial score (nSPS) is 12.3. The van der Waals surface area contributed by atoms with Gasteiger partial charge in [-0.2, -0.15) is 0 Å². The van der Waals surface area contributed by atoms with Crippen LogP contribution in [0.1, 0.15) is 0 Å². The van der Waals surface area contributed by atoms with Crippen molar-refractivity contribution >= 4 is 120 Å². The van der Waals surface area contributed by atoms with E-state index in [2.05, 4.69) is 322 Å². The molecule has 4 aromatic heterocycles. The highest BCUT2D eigenvalue weighted by Crippen LogP contribution is 2.53. The molecule has 19 aromatic rings. The minimum absolute atomic E-state index is 1.10. The Kier molecular flexibility index (Phi) is 9.69. The highest BCUT2D eigenvalue weighted by molar-refractivity contribution is 6.27. The summed E-state index contributed by atoms with van der Waals surface area (Å²) in [5, 5.41) is 17.4. The summed E-state index contributed by atoms with van der Waals surface area (Å²) in [6.07, 6.45) is 0. The summed E-state index contributed by atoms with van der Waals surface area (Å²) in [6, 6.07) is 114. The Balaban J connectivity index is 0.881. The second-order valence-electron chi connectivity index (χ2n) is 23.9. The Hall–Kier alpha value is -11.7. The van der Waals surface area contributed by atoms with E-state index >= 15 is 0 Å². The Morgan fingerprint density at radius 1 is 0.148 bits per heavy atom. The first-order valence-electron chi connectivity index (χ1n) is 30.5. The number of nitrogens with zero attached hydrogens (tertiary/aromatic N) is 4. The molecule has 4 heterocycles. The standard InChI is InChI=1S/C84H50N4/c1-4-23-57-54(20-1)55-21-2-5-24-58(55)70-50-72-68-46-51(87-79-37-17-11-30-64(79)73-47-52(41-44-81(73)87)85-75-33-13-7-26-60(75)61-27-8-14-34-76(61)85)40-43-67(68)84-66(56-22-3-6-25-59(56)71(72)49-69(57)70)32-19-39-83(84)88-80-38-18-12-31-65(80)74-48-53(42-45-82(74)88)86-77-35-15-9-28-62(77)63-29-10-16-36-78(63)86/h1-50H. The van der Waals surface area contributed by atoms with Gasteiger partial charge in [-0.1, -0.05) is 200 Å². The van der Waals surface area contributed by atoms with Crippen LogP contribution < -0.4 is 0 Å². The lowest BCUT2D eigenvalue weighted by molar-refractivity contribution is 1.16. The average Bonchev–Trinajstić information content (AvgIpc) is 1.12. The molecule has 1 aliphatic rings. The first-order valence-corrected chi connectivity index (χ1v) is 30.5. The quantitative estimate of drug-likeness (QED) is 0.157. The Labute approximate surface area is 505 Å². The molecule has 0 atom stereocenters. The van der Waals surface area contributed by atoms with Crippen LogP contribution >= 0.6 is 0 Å². The number of hydrogen-bond acceptors (Lipinski definition) is 0. The summed E-state index contributed by atoms with van der Waals surface area (Å²) >= 11 is 0. The van der Waals surface area contributed by atoms with Crippen molar-refractivity contribution in [2.45, 2.75) is 0 Å². The fourth-order valence-corrected chi connectivity index (χ4v) is 15.8. The van der Waals surface area contributed by atoms with Gasteiger partial charge in [-0.25, -0.2) is 0 Å². The van der Waals surface area contributed by atoms with Gasteiger partial charge < -0.3 is 18.3 Å². The lowest BCUT2D eigenvalue weighted by Gasteiger charge is -2.27. The van der Waals surface area contributed by atoms with Gasteiger partial charge >= 0.3 is 0 Å². The molecule has 406 valence electrons. The van der Waals surface area contributed by atoms with Crippen LogP contribution in [0.4, 0.5) is 0 Å². The van der Waals surface area contributed by atoms with Gasteiger partial charge in [0.15, 0.2) is 0 Å². The van der Waals surface area contributed by atoms with E-state index in [9.17, 15) is 0 Å². The highest BCUT2D eigenvalue weighted by Gasteiger charge is 2.29. The maximum absolute atomic E-state index is 2.55. The Bertz CT molecular complexity index is 6150. The molecular weight excluding hydrogens is 1060 g/mol. The Morgan fingerprint density at radius 2 is 0.443 bits per heavy atom. The molecule has 4 heteroatoms. The van der Waals surface area contributed by atoms with Crippen molar-refractivity contribution in [3.05, 3.63) is 303 Å². The number of fused-ring (bicyclic) bond motifs is 26. The fourth-order valence-electron chi connectivity index (χ4n) is 15.8.